The molecular formula is C23H27BrN8O4S. The van der Waals surface area contributed by atoms with Crippen LogP contribution in [0.3, 0.4) is 0 Å². The first-order chi connectivity index (χ1) is 17.8. The third-order valence-electron chi connectivity index (χ3n) is 6.58. The Hall–Kier alpha value is -3.10. The Kier molecular flexibility index (Phi) is 7.40. The third kappa shape index (κ3) is 5.45. The molecule has 1 aromatic carbocycles. The molecule has 0 saturated carbocycles. The van der Waals surface area contributed by atoms with Crippen molar-refractivity contribution in [2.24, 2.45) is 17.4 Å². The third-order valence-corrected chi connectivity index (χ3v) is 8.55. The van der Waals surface area contributed by atoms with Gasteiger partial charge in [-0.2, -0.15) is 0 Å². The van der Waals surface area contributed by atoms with E-state index in [1.807, 2.05) is 12.1 Å². The van der Waals surface area contributed by atoms with Crippen molar-refractivity contribution in [1.82, 2.24) is 24.4 Å². The largest absolute Gasteiger partial charge is 0.454 e. The van der Waals surface area contributed by atoms with Crippen LogP contribution >= 0.6 is 27.7 Å². The van der Waals surface area contributed by atoms with Gasteiger partial charge in [-0.15, -0.1) is 0 Å². The van der Waals surface area contributed by atoms with Crippen LogP contribution < -0.4 is 26.7 Å². The summed E-state index contributed by atoms with van der Waals surface area (Å²) in [6, 6.07) is 2.92. The first-order valence-corrected chi connectivity index (χ1v) is 13.5. The number of carbonyl (C=O) groups excluding carboxylic acids is 2. The highest BCUT2D eigenvalue weighted by Crippen LogP contribution is 2.43. The zero-order valence-corrected chi connectivity index (χ0v) is 22.3. The van der Waals surface area contributed by atoms with Gasteiger partial charge in [0.1, 0.15) is 6.33 Å². The molecule has 12 nitrogen and oxygen atoms in total. The number of nitrogens with two attached hydrogens (primary N) is 3. The van der Waals surface area contributed by atoms with E-state index in [0.717, 1.165) is 33.8 Å². The number of imidazole rings is 1. The van der Waals surface area contributed by atoms with Crippen molar-refractivity contribution in [3.05, 3.63) is 22.9 Å². The second-order valence-electron chi connectivity index (χ2n) is 9.05. The van der Waals surface area contributed by atoms with Gasteiger partial charge >= 0.3 is 0 Å². The van der Waals surface area contributed by atoms with Gasteiger partial charge in [-0.1, -0.05) is 11.8 Å². The van der Waals surface area contributed by atoms with E-state index in [0.29, 0.717) is 54.0 Å². The van der Waals surface area contributed by atoms with Gasteiger partial charge in [0.15, 0.2) is 33.6 Å². The number of hydrogen-bond donors (Lipinski definition) is 3. The molecule has 5 rings (SSSR count). The number of carbonyl (C=O) groups is 2. The number of anilines is 1. The number of halogens is 1. The minimum atomic E-state index is -0.883. The fraction of sp³-hybridized carbons (Fsp3) is 0.435. The van der Waals surface area contributed by atoms with Gasteiger partial charge in [0.25, 0.3) is 0 Å². The van der Waals surface area contributed by atoms with Gasteiger partial charge in [0.2, 0.25) is 18.6 Å². The number of amides is 2. The number of benzene rings is 1. The summed E-state index contributed by atoms with van der Waals surface area (Å²) in [6.07, 6.45) is 3.86. The highest BCUT2D eigenvalue weighted by molar-refractivity contribution is 9.10. The fourth-order valence-electron chi connectivity index (χ4n) is 4.58. The first-order valence-electron chi connectivity index (χ1n) is 11.9. The van der Waals surface area contributed by atoms with E-state index >= 15 is 0 Å². The highest BCUT2D eigenvalue weighted by atomic mass is 79.9. The highest BCUT2D eigenvalue weighted by Gasteiger charge is 2.28. The molecule has 37 heavy (non-hydrogen) atoms. The van der Waals surface area contributed by atoms with E-state index < -0.39 is 11.9 Å². The summed E-state index contributed by atoms with van der Waals surface area (Å²) < 4.78 is 13.9. The second kappa shape index (κ2) is 10.7. The van der Waals surface area contributed by atoms with E-state index in [-0.39, 0.29) is 19.1 Å². The SMILES string of the molecule is NC(=O)C[C@H](N)C(=O)N1CCC(CCn2c(Sc3cc4c(cc3Br)OCO4)nc3c(N)ncnc32)CC1. The van der Waals surface area contributed by atoms with Crippen LogP contribution in [0.25, 0.3) is 11.2 Å². The predicted octanol–water partition coefficient (Wildman–Crippen LogP) is 1.88. The van der Waals surface area contributed by atoms with Crippen LogP contribution in [0, 0.1) is 5.92 Å². The Labute approximate surface area is 225 Å². The van der Waals surface area contributed by atoms with Crippen molar-refractivity contribution in [1.29, 1.82) is 0 Å². The lowest BCUT2D eigenvalue weighted by Gasteiger charge is -2.33. The van der Waals surface area contributed by atoms with Crippen molar-refractivity contribution in [2.75, 3.05) is 25.6 Å². The molecule has 4 heterocycles. The normalized spacial score (nSPS) is 16.3. The molecule has 0 radical (unpaired) electrons. The van der Waals surface area contributed by atoms with Crippen LogP contribution in [-0.4, -0.2) is 62.2 Å². The fourth-order valence-corrected chi connectivity index (χ4v) is 6.09. The van der Waals surface area contributed by atoms with Crippen LogP contribution in [0.15, 0.2) is 33.0 Å². The quantitative estimate of drug-likeness (QED) is 0.350. The molecule has 0 spiro atoms. The molecule has 1 fully saturated rings. The van der Waals surface area contributed by atoms with Gasteiger partial charge in [-0.25, -0.2) is 15.0 Å². The van der Waals surface area contributed by atoms with Gasteiger partial charge in [-0.05, 0) is 53.2 Å². The van der Waals surface area contributed by atoms with Crippen LogP contribution in [0.2, 0.25) is 0 Å². The van der Waals surface area contributed by atoms with Crippen molar-refractivity contribution in [2.45, 2.75) is 48.3 Å². The number of likely N-dealkylation sites (tertiary alicyclic amines) is 1. The number of primary amides is 1. The Morgan fingerprint density at radius 3 is 2.65 bits per heavy atom. The number of aryl methyl sites for hydroxylation is 1. The van der Waals surface area contributed by atoms with Crippen molar-refractivity contribution >= 4 is 56.5 Å². The van der Waals surface area contributed by atoms with E-state index in [9.17, 15) is 9.59 Å². The maximum Gasteiger partial charge on any atom is 0.240 e. The van der Waals surface area contributed by atoms with Crippen LogP contribution in [-0.2, 0) is 16.1 Å². The number of nitrogen functional groups attached to an aromatic ring is 1. The van der Waals surface area contributed by atoms with Crippen LogP contribution in [0.1, 0.15) is 25.7 Å². The lowest BCUT2D eigenvalue weighted by molar-refractivity contribution is -0.135. The molecule has 0 bridgehead atoms. The topological polar surface area (TPSA) is 178 Å². The molecule has 1 atom stereocenters. The number of hydrogen-bond acceptors (Lipinski definition) is 10. The maximum absolute atomic E-state index is 12.5. The summed E-state index contributed by atoms with van der Waals surface area (Å²) in [5, 5.41) is 0.742. The molecule has 2 aliphatic heterocycles. The van der Waals surface area contributed by atoms with Gasteiger partial charge in [-0.3, -0.25) is 9.59 Å². The Balaban J connectivity index is 1.30. The molecule has 196 valence electrons. The monoisotopic (exact) mass is 590 g/mol. The molecule has 1 saturated heterocycles. The summed E-state index contributed by atoms with van der Waals surface area (Å²) in [5.41, 5.74) is 18.4. The molecule has 2 aliphatic rings. The smallest absolute Gasteiger partial charge is 0.240 e. The van der Waals surface area contributed by atoms with E-state index in [2.05, 4.69) is 30.5 Å². The Bertz CT molecular complexity index is 1340. The van der Waals surface area contributed by atoms with Crippen LogP contribution in [0.4, 0.5) is 5.82 Å². The molecule has 2 amide bonds. The zero-order valence-electron chi connectivity index (χ0n) is 19.9. The van der Waals surface area contributed by atoms with Gasteiger partial charge < -0.3 is 36.1 Å². The Morgan fingerprint density at radius 2 is 1.92 bits per heavy atom. The molecule has 3 aromatic rings. The number of nitrogens with zero attached hydrogens (tertiary/aromatic N) is 5. The minimum absolute atomic E-state index is 0.141. The van der Waals surface area contributed by atoms with Gasteiger partial charge in [0.05, 0.1) is 12.5 Å². The molecule has 0 aliphatic carbocycles. The molecule has 0 unspecified atom stereocenters. The van der Waals surface area contributed by atoms with Gasteiger partial charge in [0, 0.05) is 29.0 Å². The van der Waals surface area contributed by atoms with Crippen molar-refractivity contribution < 1.29 is 19.1 Å². The van der Waals surface area contributed by atoms with Crippen LogP contribution in [0.5, 0.6) is 11.5 Å². The standard InChI is InChI=1S/C23H27BrN8O4S/c24-13-7-15-16(36-11-35-15)9-17(13)37-23-30-19-20(27)28-10-29-21(19)32(23)6-3-12-1-4-31(5-2-12)22(34)14(25)8-18(26)33/h7,9-10,12,14H,1-6,8,11,25H2,(H2,26,33)(H2,27,28,29)/t14-/m0/s1. The van der Waals surface area contributed by atoms with E-state index in [4.69, 9.17) is 31.7 Å². The average Bonchev–Trinajstić information content (AvgIpc) is 3.47. The maximum atomic E-state index is 12.5. The van der Waals surface area contributed by atoms with Crippen molar-refractivity contribution in [3.63, 3.8) is 0 Å². The predicted molar refractivity (Wildman–Crippen MR) is 140 cm³/mol. The summed E-state index contributed by atoms with van der Waals surface area (Å²) in [5.74, 6) is 1.31. The molecule has 6 N–H and O–H groups in total. The number of rotatable bonds is 8. The van der Waals surface area contributed by atoms with E-state index in [1.165, 1.54) is 18.1 Å². The number of piperidine rings is 1. The molecule has 14 heteroatoms. The summed E-state index contributed by atoms with van der Waals surface area (Å²) in [7, 11) is 0. The summed E-state index contributed by atoms with van der Waals surface area (Å²) in [4.78, 5) is 39.6. The Morgan fingerprint density at radius 1 is 1.19 bits per heavy atom. The lowest BCUT2D eigenvalue weighted by atomic mass is 9.93. The summed E-state index contributed by atoms with van der Waals surface area (Å²) >= 11 is 5.10. The zero-order chi connectivity index (χ0) is 26.1. The lowest BCUT2D eigenvalue weighted by Crippen LogP contribution is -2.48. The van der Waals surface area contributed by atoms with E-state index in [1.54, 1.807) is 4.90 Å². The second-order valence-corrected chi connectivity index (χ2v) is 10.9. The van der Waals surface area contributed by atoms with Crippen molar-refractivity contribution in [3.8, 4) is 11.5 Å². The number of ether oxygens (including phenoxy) is 2. The molecular weight excluding hydrogens is 564 g/mol. The summed E-state index contributed by atoms with van der Waals surface area (Å²) in [6.45, 7) is 2.07. The average molecular weight is 591 g/mol. The number of fused-ring (bicyclic) bond motifs is 2. The first kappa shape index (κ1) is 25.5. The number of aromatic nitrogens is 4. The molecule has 2 aromatic heterocycles. The minimum Gasteiger partial charge on any atom is -0.454 e.